The summed E-state index contributed by atoms with van der Waals surface area (Å²) in [5, 5.41) is 2.06. The van der Waals surface area contributed by atoms with E-state index in [9.17, 15) is 0 Å². The van der Waals surface area contributed by atoms with Gasteiger partial charge in [0, 0.05) is 16.6 Å². The Labute approximate surface area is 74.8 Å². The predicted octanol–water partition coefficient (Wildman–Crippen LogP) is 3.27. The highest BCUT2D eigenvalue weighted by molar-refractivity contribution is 7.10. The van der Waals surface area contributed by atoms with Crippen LogP contribution in [-0.4, -0.2) is 5.88 Å². The lowest BCUT2D eigenvalue weighted by Gasteiger charge is -1.94. The van der Waals surface area contributed by atoms with Gasteiger partial charge in [-0.2, -0.15) is 0 Å². The van der Waals surface area contributed by atoms with E-state index < -0.39 is 0 Å². The van der Waals surface area contributed by atoms with Gasteiger partial charge in [0.2, 0.25) is 0 Å². The molecule has 0 aliphatic carbocycles. The van der Waals surface area contributed by atoms with E-state index in [0.29, 0.717) is 11.8 Å². The number of thiophene rings is 1. The summed E-state index contributed by atoms with van der Waals surface area (Å²) in [7, 11) is 0. The van der Waals surface area contributed by atoms with Gasteiger partial charge >= 0.3 is 0 Å². The fraction of sp³-hybridized carbons (Fsp3) is 0.429. The average Bonchev–Trinajstić information content (AvgIpc) is 2.36. The van der Waals surface area contributed by atoms with Gasteiger partial charge < -0.3 is 0 Å². The van der Waals surface area contributed by atoms with Gasteiger partial charge in [0.15, 0.2) is 0 Å². The second-order valence-corrected chi connectivity index (χ2v) is 3.59. The zero-order chi connectivity index (χ0) is 7.40. The SMILES string of the molecule is ClCCc1sccc1CCl. The Kier molecular flexibility index (Phi) is 3.53. The van der Waals surface area contributed by atoms with Crippen LogP contribution in [0.15, 0.2) is 11.4 Å². The maximum atomic E-state index is 5.67. The zero-order valence-corrected chi connectivity index (χ0v) is 7.77. The second-order valence-electron chi connectivity index (χ2n) is 1.94. The van der Waals surface area contributed by atoms with E-state index >= 15 is 0 Å². The smallest absolute Gasteiger partial charge is 0.0485 e. The van der Waals surface area contributed by atoms with E-state index in [1.54, 1.807) is 11.3 Å². The van der Waals surface area contributed by atoms with Crippen LogP contribution >= 0.6 is 34.5 Å². The summed E-state index contributed by atoms with van der Waals surface area (Å²) in [5.74, 6) is 1.29. The maximum Gasteiger partial charge on any atom is 0.0485 e. The predicted molar refractivity (Wildman–Crippen MR) is 48.3 cm³/mol. The Hall–Kier alpha value is 0.280. The lowest BCUT2D eigenvalue weighted by atomic mass is 10.2. The summed E-state index contributed by atoms with van der Waals surface area (Å²) in [6.07, 6.45) is 0.946. The molecule has 1 aromatic rings. The quantitative estimate of drug-likeness (QED) is 0.649. The standard InChI is InChI=1S/C7H8Cl2S/c8-3-1-7-6(5-9)2-4-10-7/h2,4H,1,3,5H2. The van der Waals surface area contributed by atoms with Crippen LogP contribution in [-0.2, 0) is 12.3 Å². The van der Waals surface area contributed by atoms with Crippen molar-refractivity contribution in [1.82, 2.24) is 0 Å². The van der Waals surface area contributed by atoms with Crippen molar-refractivity contribution in [3.8, 4) is 0 Å². The van der Waals surface area contributed by atoms with Crippen LogP contribution in [0.5, 0.6) is 0 Å². The second kappa shape index (κ2) is 4.22. The first-order chi connectivity index (χ1) is 4.88. The third-order valence-electron chi connectivity index (χ3n) is 1.30. The van der Waals surface area contributed by atoms with E-state index in [0.717, 1.165) is 6.42 Å². The van der Waals surface area contributed by atoms with Gasteiger partial charge in [-0.1, -0.05) is 0 Å². The van der Waals surface area contributed by atoms with Crippen molar-refractivity contribution < 1.29 is 0 Å². The van der Waals surface area contributed by atoms with Crippen LogP contribution in [0.2, 0.25) is 0 Å². The van der Waals surface area contributed by atoms with Crippen molar-refractivity contribution in [3.63, 3.8) is 0 Å². The molecule has 0 atom stereocenters. The number of hydrogen-bond donors (Lipinski definition) is 0. The van der Waals surface area contributed by atoms with Crippen molar-refractivity contribution in [2.24, 2.45) is 0 Å². The third kappa shape index (κ3) is 1.88. The number of hydrogen-bond acceptors (Lipinski definition) is 1. The first-order valence-electron chi connectivity index (χ1n) is 3.05. The molecular formula is C7H8Cl2S. The molecule has 10 heavy (non-hydrogen) atoms. The Morgan fingerprint density at radius 2 is 2.20 bits per heavy atom. The molecule has 56 valence electrons. The van der Waals surface area contributed by atoms with Crippen LogP contribution in [0, 0.1) is 0 Å². The summed E-state index contributed by atoms with van der Waals surface area (Å²) in [6.45, 7) is 0. The summed E-state index contributed by atoms with van der Waals surface area (Å²) >= 11 is 13.0. The van der Waals surface area contributed by atoms with Crippen LogP contribution in [0.1, 0.15) is 10.4 Å². The lowest BCUT2D eigenvalue weighted by Crippen LogP contribution is -1.85. The minimum absolute atomic E-state index is 0.607. The van der Waals surface area contributed by atoms with E-state index in [1.165, 1.54) is 10.4 Å². The molecule has 0 N–H and O–H groups in total. The molecule has 0 nitrogen and oxygen atoms in total. The highest BCUT2D eigenvalue weighted by Gasteiger charge is 2.00. The average molecular weight is 195 g/mol. The molecule has 0 saturated carbocycles. The van der Waals surface area contributed by atoms with Gasteiger partial charge in [0.25, 0.3) is 0 Å². The van der Waals surface area contributed by atoms with Crippen molar-refractivity contribution in [1.29, 1.82) is 0 Å². The summed E-state index contributed by atoms with van der Waals surface area (Å²) in [4.78, 5) is 1.32. The Morgan fingerprint density at radius 1 is 1.40 bits per heavy atom. The molecule has 0 radical (unpaired) electrons. The minimum Gasteiger partial charge on any atom is -0.149 e. The molecule has 0 aliphatic rings. The molecule has 0 unspecified atom stereocenters. The molecule has 1 heterocycles. The maximum absolute atomic E-state index is 5.67. The normalized spacial score (nSPS) is 10.2. The van der Waals surface area contributed by atoms with E-state index in [4.69, 9.17) is 23.2 Å². The van der Waals surface area contributed by atoms with Gasteiger partial charge in [-0.05, 0) is 23.4 Å². The Bertz CT molecular complexity index is 195. The minimum atomic E-state index is 0.607. The number of alkyl halides is 2. The van der Waals surface area contributed by atoms with Crippen LogP contribution in [0.25, 0.3) is 0 Å². The highest BCUT2D eigenvalue weighted by atomic mass is 35.5. The molecule has 0 fully saturated rings. The summed E-state index contributed by atoms with van der Waals surface area (Å²) < 4.78 is 0. The monoisotopic (exact) mass is 194 g/mol. The van der Waals surface area contributed by atoms with Crippen LogP contribution < -0.4 is 0 Å². The van der Waals surface area contributed by atoms with Gasteiger partial charge in [-0.15, -0.1) is 34.5 Å². The molecule has 0 aliphatic heterocycles. The molecule has 3 heteroatoms. The first kappa shape index (κ1) is 8.38. The molecule has 1 aromatic heterocycles. The zero-order valence-electron chi connectivity index (χ0n) is 5.44. The molecule has 0 saturated heterocycles. The van der Waals surface area contributed by atoms with Crippen LogP contribution in [0.3, 0.4) is 0 Å². The molecule has 1 rings (SSSR count). The molecule has 0 bridgehead atoms. The first-order valence-corrected chi connectivity index (χ1v) is 5.00. The molecule has 0 amide bonds. The van der Waals surface area contributed by atoms with Crippen molar-refractivity contribution >= 4 is 34.5 Å². The fourth-order valence-corrected chi connectivity index (χ4v) is 2.33. The lowest BCUT2D eigenvalue weighted by molar-refractivity contribution is 1.16. The molecule has 0 spiro atoms. The van der Waals surface area contributed by atoms with Gasteiger partial charge in [-0.3, -0.25) is 0 Å². The van der Waals surface area contributed by atoms with Crippen molar-refractivity contribution in [2.45, 2.75) is 12.3 Å². The van der Waals surface area contributed by atoms with Crippen molar-refractivity contribution in [2.75, 3.05) is 5.88 Å². The number of halogens is 2. The summed E-state index contributed by atoms with van der Waals surface area (Å²) in [5.41, 5.74) is 1.23. The fourth-order valence-electron chi connectivity index (χ4n) is 0.791. The topological polar surface area (TPSA) is 0 Å². The Balaban J connectivity index is 2.70. The van der Waals surface area contributed by atoms with E-state index in [2.05, 4.69) is 11.4 Å². The highest BCUT2D eigenvalue weighted by Crippen LogP contribution is 2.19. The van der Waals surface area contributed by atoms with E-state index in [-0.39, 0.29) is 0 Å². The van der Waals surface area contributed by atoms with Gasteiger partial charge in [0.1, 0.15) is 0 Å². The molecular weight excluding hydrogens is 187 g/mol. The molecule has 0 aromatic carbocycles. The van der Waals surface area contributed by atoms with Crippen molar-refractivity contribution in [3.05, 3.63) is 21.9 Å². The number of aryl methyl sites for hydroxylation is 1. The largest absolute Gasteiger partial charge is 0.149 e. The van der Waals surface area contributed by atoms with E-state index in [1.807, 2.05) is 0 Å². The Morgan fingerprint density at radius 3 is 2.80 bits per heavy atom. The third-order valence-corrected chi connectivity index (χ3v) is 2.80. The van der Waals surface area contributed by atoms with Gasteiger partial charge in [-0.25, -0.2) is 0 Å². The van der Waals surface area contributed by atoms with Gasteiger partial charge in [0.05, 0.1) is 0 Å². The van der Waals surface area contributed by atoms with Crippen LogP contribution in [0.4, 0.5) is 0 Å². The number of rotatable bonds is 3. The summed E-state index contributed by atoms with van der Waals surface area (Å²) in [6, 6.07) is 2.06.